The molecule has 0 aromatic heterocycles. The fraction of sp³-hybridized carbons (Fsp3) is 0.533. The molecule has 3 rings (SSSR count). The van der Waals surface area contributed by atoms with Gasteiger partial charge in [-0.1, -0.05) is 6.07 Å². The lowest BCUT2D eigenvalue weighted by Gasteiger charge is -2.15. The van der Waals surface area contributed by atoms with E-state index >= 15 is 0 Å². The highest BCUT2D eigenvalue weighted by Gasteiger charge is 2.45. The van der Waals surface area contributed by atoms with Crippen molar-refractivity contribution in [2.75, 3.05) is 5.32 Å². The molecule has 0 atom stereocenters. The molecule has 3 N–H and O–H groups in total. The Kier molecular flexibility index (Phi) is 4.55. The molecule has 2 aliphatic carbocycles. The van der Waals surface area contributed by atoms with Gasteiger partial charge in [-0.25, -0.2) is 0 Å². The van der Waals surface area contributed by atoms with Gasteiger partial charge in [-0.2, -0.15) is 0 Å². The van der Waals surface area contributed by atoms with Gasteiger partial charge in [0.25, 0.3) is 0 Å². The molecule has 4 nitrogen and oxygen atoms in total. The van der Waals surface area contributed by atoms with Crippen LogP contribution in [0.15, 0.2) is 24.3 Å². The number of nitrogens with two attached hydrogens (primary N) is 1. The maximum absolute atomic E-state index is 11.9. The lowest BCUT2D eigenvalue weighted by Crippen LogP contribution is -2.37. The van der Waals surface area contributed by atoms with Crippen LogP contribution in [0.5, 0.6) is 5.75 Å². The summed E-state index contributed by atoms with van der Waals surface area (Å²) >= 11 is 0. The molecular formula is C15H21ClN2O2. The van der Waals surface area contributed by atoms with Crippen LogP contribution < -0.4 is 15.8 Å². The predicted octanol–water partition coefficient (Wildman–Crippen LogP) is 2.86. The van der Waals surface area contributed by atoms with E-state index in [4.69, 9.17) is 10.5 Å². The Labute approximate surface area is 125 Å². The van der Waals surface area contributed by atoms with Crippen LogP contribution in [0.25, 0.3) is 0 Å². The van der Waals surface area contributed by atoms with Crippen LogP contribution in [0.2, 0.25) is 0 Å². The van der Waals surface area contributed by atoms with Crippen molar-refractivity contribution >= 4 is 24.0 Å². The zero-order valence-corrected chi connectivity index (χ0v) is 12.2. The number of hydrogen-bond donors (Lipinski definition) is 2. The average molecular weight is 297 g/mol. The van der Waals surface area contributed by atoms with E-state index in [-0.39, 0.29) is 18.3 Å². The molecule has 0 saturated heterocycles. The lowest BCUT2D eigenvalue weighted by molar-refractivity contribution is -0.118. The standard InChI is InChI=1S/C15H20N2O2.ClH/c16-15(8-9-15)14(18)17-11-4-3-7-13(10-11)19-12-5-1-2-6-12;/h3-4,7,10,12H,1-2,5-6,8-9,16H2,(H,17,18);1H. The van der Waals surface area contributed by atoms with Crippen molar-refractivity contribution in [3.63, 3.8) is 0 Å². The first-order valence-corrected chi connectivity index (χ1v) is 7.03. The minimum Gasteiger partial charge on any atom is -0.490 e. The molecule has 0 spiro atoms. The van der Waals surface area contributed by atoms with E-state index in [1.54, 1.807) is 0 Å². The fourth-order valence-electron chi connectivity index (χ4n) is 2.46. The molecule has 20 heavy (non-hydrogen) atoms. The first-order chi connectivity index (χ1) is 9.16. The maximum atomic E-state index is 11.9. The summed E-state index contributed by atoms with van der Waals surface area (Å²) in [6, 6.07) is 7.58. The minimum absolute atomic E-state index is 0. The average Bonchev–Trinajstić information content (AvgIpc) is 2.95. The molecule has 2 aliphatic rings. The van der Waals surface area contributed by atoms with Crippen LogP contribution in [0, 0.1) is 0 Å². The number of ether oxygens (including phenoxy) is 1. The van der Waals surface area contributed by atoms with E-state index in [0.717, 1.165) is 37.1 Å². The second-order valence-corrected chi connectivity index (χ2v) is 5.66. The van der Waals surface area contributed by atoms with E-state index in [1.807, 2.05) is 24.3 Å². The Morgan fingerprint density at radius 3 is 2.65 bits per heavy atom. The Bertz CT molecular complexity index is 483. The smallest absolute Gasteiger partial charge is 0.244 e. The van der Waals surface area contributed by atoms with Gasteiger partial charge in [-0.3, -0.25) is 4.79 Å². The van der Waals surface area contributed by atoms with Crippen LogP contribution in [-0.2, 0) is 4.79 Å². The van der Waals surface area contributed by atoms with Crippen molar-refractivity contribution in [1.82, 2.24) is 0 Å². The van der Waals surface area contributed by atoms with Crippen molar-refractivity contribution in [1.29, 1.82) is 0 Å². The highest BCUT2D eigenvalue weighted by molar-refractivity contribution is 6.00. The molecule has 1 aromatic carbocycles. The molecule has 0 radical (unpaired) electrons. The minimum atomic E-state index is -0.637. The van der Waals surface area contributed by atoms with Crippen LogP contribution in [-0.4, -0.2) is 17.6 Å². The van der Waals surface area contributed by atoms with Gasteiger partial charge in [-0.15, -0.1) is 12.4 Å². The molecule has 110 valence electrons. The van der Waals surface area contributed by atoms with Gasteiger partial charge >= 0.3 is 0 Å². The largest absolute Gasteiger partial charge is 0.490 e. The van der Waals surface area contributed by atoms with E-state index in [2.05, 4.69) is 5.32 Å². The summed E-state index contributed by atoms with van der Waals surface area (Å²) in [5, 5.41) is 2.87. The topological polar surface area (TPSA) is 64.4 Å². The van der Waals surface area contributed by atoms with Crippen LogP contribution in [0.4, 0.5) is 5.69 Å². The Hall–Kier alpha value is -1.26. The number of rotatable bonds is 4. The summed E-state index contributed by atoms with van der Waals surface area (Å²) in [4.78, 5) is 11.9. The fourth-order valence-corrected chi connectivity index (χ4v) is 2.46. The lowest BCUT2D eigenvalue weighted by atomic mass is 10.2. The van der Waals surface area contributed by atoms with E-state index < -0.39 is 5.54 Å². The Morgan fingerprint density at radius 1 is 1.30 bits per heavy atom. The number of carbonyl (C=O) groups excluding carboxylic acids is 1. The molecule has 1 aromatic rings. The zero-order chi connectivity index (χ0) is 13.3. The first kappa shape index (κ1) is 15.1. The monoisotopic (exact) mass is 296 g/mol. The number of anilines is 1. The molecule has 1 amide bonds. The highest BCUT2D eigenvalue weighted by atomic mass is 35.5. The van der Waals surface area contributed by atoms with Crippen LogP contribution in [0.1, 0.15) is 38.5 Å². The summed E-state index contributed by atoms with van der Waals surface area (Å²) in [6.07, 6.45) is 6.63. The molecule has 0 unspecified atom stereocenters. The Balaban J connectivity index is 0.00000147. The van der Waals surface area contributed by atoms with Crippen molar-refractivity contribution in [2.45, 2.75) is 50.2 Å². The van der Waals surface area contributed by atoms with Crippen LogP contribution >= 0.6 is 12.4 Å². The quantitative estimate of drug-likeness (QED) is 0.898. The molecule has 2 fully saturated rings. The third kappa shape index (κ3) is 3.44. The third-order valence-electron chi connectivity index (χ3n) is 3.94. The summed E-state index contributed by atoms with van der Waals surface area (Å²) in [6.45, 7) is 0. The molecule has 5 heteroatoms. The Morgan fingerprint density at radius 2 is 2.00 bits per heavy atom. The molecular weight excluding hydrogens is 276 g/mol. The van der Waals surface area contributed by atoms with Gasteiger partial charge in [0.15, 0.2) is 0 Å². The van der Waals surface area contributed by atoms with E-state index in [9.17, 15) is 4.79 Å². The van der Waals surface area contributed by atoms with Gasteiger partial charge in [0.2, 0.25) is 5.91 Å². The SMILES string of the molecule is Cl.NC1(C(=O)Nc2cccc(OC3CCCC3)c2)CC1. The van der Waals surface area contributed by atoms with E-state index in [1.165, 1.54) is 12.8 Å². The second kappa shape index (κ2) is 6.02. The van der Waals surface area contributed by atoms with Gasteiger partial charge < -0.3 is 15.8 Å². The van der Waals surface area contributed by atoms with Gasteiger partial charge in [0, 0.05) is 11.8 Å². The summed E-state index contributed by atoms with van der Waals surface area (Å²) in [5.41, 5.74) is 5.99. The zero-order valence-electron chi connectivity index (χ0n) is 11.4. The summed E-state index contributed by atoms with van der Waals surface area (Å²) < 4.78 is 5.92. The number of amides is 1. The van der Waals surface area contributed by atoms with Crippen LogP contribution in [0.3, 0.4) is 0 Å². The van der Waals surface area contributed by atoms with Crippen molar-refractivity contribution in [3.05, 3.63) is 24.3 Å². The number of carbonyl (C=O) groups is 1. The van der Waals surface area contributed by atoms with Gasteiger partial charge in [0.05, 0.1) is 11.6 Å². The summed E-state index contributed by atoms with van der Waals surface area (Å²) in [5.74, 6) is 0.733. The highest BCUT2D eigenvalue weighted by Crippen LogP contribution is 2.33. The molecule has 2 saturated carbocycles. The van der Waals surface area contributed by atoms with E-state index in [0.29, 0.717) is 6.10 Å². The third-order valence-corrected chi connectivity index (χ3v) is 3.94. The summed E-state index contributed by atoms with van der Waals surface area (Å²) in [7, 11) is 0. The second-order valence-electron chi connectivity index (χ2n) is 5.66. The van der Waals surface area contributed by atoms with Gasteiger partial charge in [-0.05, 0) is 50.7 Å². The first-order valence-electron chi connectivity index (χ1n) is 7.03. The number of benzene rings is 1. The van der Waals surface area contributed by atoms with Crippen molar-refractivity contribution in [2.24, 2.45) is 5.73 Å². The predicted molar refractivity (Wildman–Crippen MR) is 81.4 cm³/mol. The maximum Gasteiger partial charge on any atom is 0.244 e. The number of hydrogen-bond acceptors (Lipinski definition) is 3. The number of nitrogens with one attached hydrogen (secondary N) is 1. The van der Waals surface area contributed by atoms with Crippen molar-refractivity contribution < 1.29 is 9.53 Å². The molecule has 0 heterocycles. The normalized spacial score (nSPS) is 20.1. The molecule has 0 aliphatic heterocycles. The molecule has 0 bridgehead atoms. The number of halogens is 1. The van der Waals surface area contributed by atoms with Crippen molar-refractivity contribution in [3.8, 4) is 5.75 Å². The van der Waals surface area contributed by atoms with Gasteiger partial charge in [0.1, 0.15) is 5.75 Å².